The average molecular weight is 248 g/mol. The van der Waals surface area contributed by atoms with E-state index in [-0.39, 0.29) is 0 Å². The van der Waals surface area contributed by atoms with Crippen molar-refractivity contribution in [3.8, 4) is 0 Å². The monoisotopic (exact) mass is 248 g/mol. The summed E-state index contributed by atoms with van der Waals surface area (Å²) in [5.41, 5.74) is 7.32. The van der Waals surface area contributed by atoms with Gasteiger partial charge < -0.3 is 10.6 Å². The molecule has 0 radical (unpaired) electrons. The molecule has 2 N–H and O–H groups in total. The lowest BCUT2D eigenvalue weighted by Gasteiger charge is -2.29. The molecule has 2 atom stereocenters. The molecule has 1 aromatic rings. The zero-order chi connectivity index (χ0) is 13.4. The van der Waals surface area contributed by atoms with Gasteiger partial charge in [0.05, 0.1) is 0 Å². The molecule has 0 aliphatic carbocycles. The topological polar surface area (TPSA) is 29.3 Å². The lowest BCUT2D eigenvalue weighted by molar-refractivity contribution is 0.204. The fraction of sp³-hybridized carbons (Fsp3) is 0.625. The maximum atomic E-state index is 5.91. The summed E-state index contributed by atoms with van der Waals surface area (Å²) in [4.78, 5) is 2.43. The molecule has 2 heteroatoms. The van der Waals surface area contributed by atoms with Gasteiger partial charge in [0.1, 0.15) is 0 Å². The van der Waals surface area contributed by atoms with Gasteiger partial charge in [-0.1, -0.05) is 50.6 Å². The Hall–Kier alpha value is -0.860. The molecule has 0 aliphatic heterocycles. The van der Waals surface area contributed by atoms with Gasteiger partial charge in [0.2, 0.25) is 0 Å². The fourth-order valence-corrected chi connectivity index (χ4v) is 2.27. The molecule has 0 aromatic heterocycles. The first-order chi connectivity index (χ1) is 8.67. The van der Waals surface area contributed by atoms with Crippen LogP contribution >= 0.6 is 0 Å². The molecule has 0 saturated carbocycles. The first-order valence-electron chi connectivity index (χ1n) is 7.11. The minimum Gasteiger partial charge on any atom is -0.329 e. The molecular formula is C16H28N2. The molecular weight excluding hydrogens is 220 g/mol. The molecule has 18 heavy (non-hydrogen) atoms. The fourth-order valence-electron chi connectivity index (χ4n) is 2.27. The molecule has 1 rings (SSSR count). The molecule has 0 spiro atoms. The van der Waals surface area contributed by atoms with Crippen LogP contribution in [0.4, 0.5) is 0 Å². The summed E-state index contributed by atoms with van der Waals surface area (Å²) in [6.45, 7) is 6.45. The minimum atomic E-state index is 0.499. The molecule has 0 fully saturated rings. The van der Waals surface area contributed by atoms with Crippen LogP contribution < -0.4 is 5.73 Å². The highest BCUT2D eigenvalue weighted by Gasteiger charge is 2.14. The van der Waals surface area contributed by atoms with Crippen LogP contribution in [0.1, 0.15) is 32.3 Å². The van der Waals surface area contributed by atoms with Crippen molar-refractivity contribution < 1.29 is 0 Å². The summed E-state index contributed by atoms with van der Waals surface area (Å²) in [5, 5.41) is 0. The molecule has 0 bridgehead atoms. The number of nitrogens with zero attached hydrogens (tertiary/aromatic N) is 1. The van der Waals surface area contributed by atoms with Gasteiger partial charge in [-0.15, -0.1) is 0 Å². The van der Waals surface area contributed by atoms with E-state index in [1.165, 1.54) is 12.0 Å². The quantitative estimate of drug-likeness (QED) is 0.766. The van der Waals surface area contributed by atoms with Gasteiger partial charge >= 0.3 is 0 Å². The van der Waals surface area contributed by atoms with Crippen LogP contribution in [-0.2, 0) is 6.42 Å². The van der Waals surface area contributed by atoms with E-state index in [1.54, 1.807) is 0 Å². The van der Waals surface area contributed by atoms with E-state index in [9.17, 15) is 0 Å². The van der Waals surface area contributed by atoms with Crippen molar-refractivity contribution in [3.05, 3.63) is 35.9 Å². The van der Waals surface area contributed by atoms with Crippen LogP contribution in [-0.4, -0.2) is 31.1 Å². The molecule has 1 aromatic carbocycles. The number of nitrogens with two attached hydrogens (primary N) is 1. The predicted molar refractivity (Wildman–Crippen MR) is 79.7 cm³/mol. The Morgan fingerprint density at radius 3 is 2.44 bits per heavy atom. The van der Waals surface area contributed by atoms with Gasteiger partial charge in [0.25, 0.3) is 0 Å². The summed E-state index contributed by atoms with van der Waals surface area (Å²) < 4.78 is 0. The number of benzene rings is 1. The smallest absolute Gasteiger partial charge is 0.0218 e. The highest BCUT2D eigenvalue weighted by molar-refractivity contribution is 5.14. The maximum absolute atomic E-state index is 5.91. The number of likely N-dealkylation sites (N-methyl/N-ethyl adjacent to an activating group) is 1. The summed E-state index contributed by atoms with van der Waals surface area (Å²) >= 11 is 0. The molecule has 0 saturated heterocycles. The summed E-state index contributed by atoms with van der Waals surface area (Å²) in [5.74, 6) is 0.751. The minimum absolute atomic E-state index is 0.499. The Bertz CT molecular complexity index is 310. The van der Waals surface area contributed by atoms with Crippen LogP contribution in [0.5, 0.6) is 0 Å². The van der Waals surface area contributed by atoms with Crippen molar-refractivity contribution >= 4 is 0 Å². The zero-order valence-corrected chi connectivity index (χ0v) is 12.1. The van der Waals surface area contributed by atoms with Gasteiger partial charge in [-0.25, -0.2) is 0 Å². The lowest BCUT2D eigenvalue weighted by atomic mass is 10.0. The Morgan fingerprint density at radius 2 is 1.89 bits per heavy atom. The molecule has 0 amide bonds. The highest BCUT2D eigenvalue weighted by atomic mass is 15.1. The van der Waals surface area contributed by atoms with Crippen molar-refractivity contribution in [2.75, 3.05) is 20.1 Å². The zero-order valence-electron chi connectivity index (χ0n) is 12.1. The maximum Gasteiger partial charge on any atom is 0.0218 e. The van der Waals surface area contributed by atoms with Crippen molar-refractivity contribution in [2.24, 2.45) is 11.7 Å². The van der Waals surface area contributed by atoms with E-state index in [0.717, 1.165) is 31.8 Å². The Morgan fingerprint density at radius 1 is 1.22 bits per heavy atom. The van der Waals surface area contributed by atoms with Gasteiger partial charge in [0, 0.05) is 19.1 Å². The molecule has 0 aliphatic rings. The van der Waals surface area contributed by atoms with Crippen molar-refractivity contribution in [1.82, 2.24) is 4.90 Å². The predicted octanol–water partition coefficient (Wildman–Crippen LogP) is 2.92. The van der Waals surface area contributed by atoms with Gasteiger partial charge in [-0.3, -0.25) is 0 Å². The number of aryl methyl sites for hydroxylation is 1. The van der Waals surface area contributed by atoms with E-state index >= 15 is 0 Å². The van der Waals surface area contributed by atoms with Crippen LogP contribution in [0, 0.1) is 5.92 Å². The van der Waals surface area contributed by atoms with Crippen molar-refractivity contribution in [3.63, 3.8) is 0 Å². The van der Waals surface area contributed by atoms with Gasteiger partial charge in [-0.2, -0.15) is 0 Å². The molecule has 102 valence electrons. The Kier molecular flexibility index (Phi) is 6.99. The third-order valence-corrected chi connectivity index (χ3v) is 3.80. The lowest BCUT2D eigenvalue weighted by Crippen LogP contribution is -2.40. The molecule has 2 unspecified atom stereocenters. The van der Waals surface area contributed by atoms with Gasteiger partial charge in [0.15, 0.2) is 0 Å². The second-order valence-electron chi connectivity index (χ2n) is 5.37. The normalized spacial score (nSPS) is 14.7. The van der Waals surface area contributed by atoms with Gasteiger partial charge in [-0.05, 0) is 31.4 Å². The number of rotatable bonds is 8. The SMILES string of the molecule is CCC(C)CN(C)C(CN)CCc1ccccc1. The van der Waals surface area contributed by atoms with E-state index < -0.39 is 0 Å². The Labute approximate surface area is 112 Å². The standard InChI is InChI=1S/C16H28N2/c1-4-14(2)13-18(3)16(12-17)11-10-15-8-6-5-7-9-15/h5-9,14,16H,4,10-13,17H2,1-3H3. The summed E-state index contributed by atoms with van der Waals surface area (Å²) in [6.07, 6.45) is 3.50. The van der Waals surface area contributed by atoms with E-state index in [0.29, 0.717) is 6.04 Å². The number of hydrogen-bond acceptors (Lipinski definition) is 2. The van der Waals surface area contributed by atoms with Crippen LogP contribution in [0.15, 0.2) is 30.3 Å². The Balaban J connectivity index is 2.41. The van der Waals surface area contributed by atoms with E-state index in [2.05, 4.69) is 56.1 Å². The van der Waals surface area contributed by atoms with Crippen LogP contribution in [0.2, 0.25) is 0 Å². The average Bonchev–Trinajstić information content (AvgIpc) is 2.40. The first kappa shape index (κ1) is 15.2. The third kappa shape index (κ3) is 5.19. The van der Waals surface area contributed by atoms with E-state index in [1.807, 2.05) is 0 Å². The van der Waals surface area contributed by atoms with Crippen LogP contribution in [0.3, 0.4) is 0 Å². The summed E-state index contributed by atoms with van der Waals surface area (Å²) in [6, 6.07) is 11.2. The largest absolute Gasteiger partial charge is 0.329 e. The highest BCUT2D eigenvalue weighted by Crippen LogP contribution is 2.11. The second kappa shape index (κ2) is 8.28. The van der Waals surface area contributed by atoms with Crippen molar-refractivity contribution in [1.29, 1.82) is 0 Å². The van der Waals surface area contributed by atoms with E-state index in [4.69, 9.17) is 5.73 Å². The molecule has 0 heterocycles. The third-order valence-electron chi connectivity index (χ3n) is 3.80. The second-order valence-corrected chi connectivity index (χ2v) is 5.37. The van der Waals surface area contributed by atoms with Crippen LogP contribution in [0.25, 0.3) is 0 Å². The number of hydrogen-bond donors (Lipinski definition) is 1. The van der Waals surface area contributed by atoms with Crippen molar-refractivity contribution in [2.45, 2.75) is 39.2 Å². The molecule has 2 nitrogen and oxygen atoms in total. The first-order valence-corrected chi connectivity index (χ1v) is 7.11. The summed E-state index contributed by atoms with van der Waals surface area (Å²) in [7, 11) is 2.20.